The molecule has 0 aromatic heterocycles. The zero-order valence-corrected chi connectivity index (χ0v) is 16.3. The summed E-state index contributed by atoms with van der Waals surface area (Å²) in [4.78, 5) is 28.6. The van der Waals surface area contributed by atoms with Crippen molar-refractivity contribution in [3.05, 3.63) is 75.8 Å². The highest BCUT2D eigenvalue weighted by atomic mass is 35.5. The first-order valence-corrected chi connectivity index (χ1v) is 9.39. The molecule has 0 fully saturated rings. The van der Waals surface area contributed by atoms with Crippen LogP contribution in [0.2, 0.25) is 5.02 Å². The largest absolute Gasteiger partial charge is 0.479 e. The number of benzene rings is 2. The van der Waals surface area contributed by atoms with Gasteiger partial charge in [-0.3, -0.25) is 4.99 Å². The van der Waals surface area contributed by atoms with Crippen LogP contribution in [0.25, 0.3) is 5.57 Å². The summed E-state index contributed by atoms with van der Waals surface area (Å²) in [6.45, 7) is 3.93. The summed E-state index contributed by atoms with van der Waals surface area (Å²) in [5, 5.41) is 20.2. The van der Waals surface area contributed by atoms with Gasteiger partial charge in [-0.05, 0) is 41.7 Å². The van der Waals surface area contributed by atoms with Gasteiger partial charge in [0.25, 0.3) is 5.54 Å². The number of carboxylic acid groups (broad SMARTS) is 2. The third-order valence-corrected chi connectivity index (χ3v) is 5.33. The van der Waals surface area contributed by atoms with Crippen molar-refractivity contribution < 1.29 is 19.8 Å². The number of carboxylic acids is 2. The standard InChI is InChI=1S/C22H20ClNO4/c1-3-13-10-11-17(23)19(15(13)4-2)16-12-18(14-8-6-5-7-9-14)24-22(16,20(25)26)21(27)28/h5-12H,3-4H2,1-2H3,(H,25,26)(H,27,28). The van der Waals surface area contributed by atoms with Crippen LogP contribution >= 0.6 is 11.6 Å². The lowest BCUT2D eigenvalue weighted by Crippen LogP contribution is -2.45. The van der Waals surface area contributed by atoms with Crippen molar-refractivity contribution in [2.75, 3.05) is 0 Å². The number of aliphatic carboxylic acids is 2. The summed E-state index contributed by atoms with van der Waals surface area (Å²) in [5.74, 6) is -3.09. The van der Waals surface area contributed by atoms with Crippen molar-refractivity contribution in [3.8, 4) is 0 Å². The molecule has 6 heteroatoms. The van der Waals surface area contributed by atoms with Crippen LogP contribution in [0.4, 0.5) is 0 Å². The summed E-state index contributed by atoms with van der Waals surface area (Å²) < 4.78 is 0. The SMILES string of the molecule is CCc1ccc(Cl)c(C2=CC(c3ccccc3)=NC2(C(=O)O)C(=O)O)c1CC. The fourth-order valence-corrected chi connectivity index (χ4v) is 3.91. The maximum Gasteiger partial charge on any atom is 0.348 e. The number of aryl methyl sites for hydroxylation is 1. The smallest absolute Gasteiger partial charge is 0.348 e. The fourth-order valence-electron chi connectivity index (χ4n) is 3.63. The Morgan fingerprint density at radius 1 is 1.00 bits per heavy atom. The first kappa shape index (κ1) is 19.8. The third kappa shape index (κ3) is 3.02. The van der Waals surface area contributed by atoms with Gasteiger partial charge in [-0.1, -0.05) is 61.8 Å². The first-order chi connectivity index (χ1) is 13.4. The van der Waals surface area contributed by atoms with Crippen LogP contribution in [-0.4, -0.2) is 33.4 Å². The van der Waals surface area contributed by atoms with Crippen LogP contribution in [0.15, 0.2) is 53.5 Å². The number of nitrogens with zero attached hydrogens (tertiary/aromatic N) is 1. The normalized spacial score (nSPS) is 15.1. The summed E-state index contributed by atoms with van der Waals surface area (Å²) in [7, 11) is 0. The van der Waals surface area contributed by atoms with E-state index in [1.165, 1.54) is 6.08 Å². The fraction of sp³-hybridized carbons (Fsp3) is 0.227. The molecule has 0 saturated carbocycles. The highest BCUT2D eigenvalue weighted by Gasteiger charge is 2.54. The van der Waals surface area contributed by atoms with Crippen molar-refractivity contribution in [3.63, 3.8) is 0 Å². The summed E-state index contributed by atoms with van der Waals surface area (Å²) in [6, 6.07) is 12.5. The predicted octanol–water partition coefficient (Wildman–Crippen LogP) is 4.26. The van der Waals surface area contributed by atoms with Gasteiger partial charge in [-0.15, -0.1) is 0 Å². The molecule has 0 atom stereocenters. The molecule has 1 aliphatic rings. The Kier molecular flexibility index (Phi) is 5.38. The molecule has 0 unspecified atom stereocenters. The van der Waals surface area contributed by atoms with Gasteiger partial charge in [0.05, 0.1) is 5.71 Å². The van der Waals surface area contributed by atoms with Crippen LogP contribution in [0, 0.1) is 0 Å². The van der Waals surface area contributed by atoms with E-state index < -0.39 is 17.5 Å². The topological polar surface area (TPSA) is 87.0 Å². The Morgan fingerprint density at radius 3 is 2.18 bits per heavy atom. The van der Waals surface area contributed by atoms with Crippen molar-refractivity contribution in [1.29, 1.82) is 0 Å². The Morgan fingerprint density at radius 2 is 1.64 bits per heavy atom. The van der Waals surface area contributed by atoms with Crippen molar-refractivity contribution >= 4 is 34.8 Å². The Hall–Kier alpha value is -2.92. The van der Waals surface area contributed by atoms with Crippen molar-refractivity contribution in [1.82, 2.24) is 0 Å². The van der Waals surface area contributed by atoms with Crippen LogP contribution in [-0.2, 0) is 22.4 Å². The number of halogens is 1. The lowest BCUT2D eigenvalue weighted by Gasteiger charge is -2.24. The molecule has 0 spiro atoms. The number of carbonyl (C=O) groups is 2. The van der Waals surface area contributed by atoms with Gasteiger partial charge in [0.2, 0.25) is 0 Å². The number of aliphatic imine (C=N–C) groups is 1. The zero-order valence-electron chi connectivity index (χ0n) is 15.6. The minimum atomic E-state index is -2.44. The minimum absolute atomic E-state index is 0.0866. The van der Waals surface area contributed by atoms with Crippen LogP contribution in [0.3, 0.4) is 0 Å². The number of hydrogen-bond donors (Lipinski definition) is 2. The second-order valence-corrected chi connectivity index (χ2v) is 6.92. The molecule has 0 amide bonds. The highest BCUT2D eigenvalue weighted by Crippen LogP contribution is 2.43. The molecule has 144 valence electrons. The van der Waals surface area contributed by atoms with E-state index in [4.69, 9.17) is 11.6 Å². The lowest BCUT2D eigenvalue weighted by atomic mass is 9.82. The van der Waals surface area contributed by atoms with Gasteiger partial charge < -0.3 is 10.2 Å². The number of allylic oxidation sites excluding steroid dienone is 1. The molecule has 5 nitrogen and oxygen atoms in total. The van der Waals surface area contributed by atoms with E-state index in [0.717, 1.165) is 17.5 Å². The number of hydrogen-bond acceptors (Lipinski definition) is 3. The summed E-state index contributed by atoms with van der Waals surface area (Å²) >= 11 is 6.47. The maximum atomic E-state index is 12.2. The van der Waals surface area contributed by atoms with E-state index >= 15 is 0 Å². The van der Waals surface area contributed by atoms with Crippen molar-refractivity contribution in [2.24, 2.45) is 4.99 Å². The van der Waals surface area contributed by atoms with E-state index in [-0.39, 0.29) is 5.57 Å². The second-order valence-electron chi connectivity index (χ2n) is 6.51. The van der Waals surface area contributed by atoms with Gasteiger partial charge in [-0.2, -0.15) is 0 Å². The van der Waals surface area contributed by atoms with Gasteiger partial charge in [0, 0.05) is 16.2 Å². The van der Waals surface area contributed by atoms with Crippen molar-refractivity contribution in [2.45, 2.75) is 32.2 Å². The summed E-state index contributed by atoms with van der Waals surface area (Å²) in [6.07, 6.45) is 2.85. The van der Waals surface area contributed by atoms with E-state index in [9.17, 15) is 19.8 Å². The minimum Gasteiger partial charge on any atom is -0.479 e. The summed E-state index contributed by atoms with van der Waals surface area (Å²) in [5.41, 5.74) is 0.890. The molecule has 28 heavy (non-hydrogen) atoms. The monoisotopic (exact) mass is 397 g/mol. The predicted molar refractivity (Wildman–Crippen MR) is 109 cm³/mol. The van der Waals surface area contributed by atoms with Gasteiger partial charge in [-0.25, -0.2) is 9.59 Å². The second kappa shape index (κ2) is 7.60. The van der Waals surface area contributed by atoms with Crippen LogP contribution < -0.4 is 0 Å². The van der Waals surface area contributed by atoms with E-state index in [1.54, 1.807) is 30.3 Å². The van der Waals surface area contributed by atoms with Crippen LogP contribution in [0.1, 0.15) is 36.1 Å². The average molecular weight is 398 g/mol. The molecule has 2 N–H and O–H groups in total. The van der Waals surface area contributed by atoms with E-state index in [2.05, 4.69) is 4.99 Å². The van der Waals surface area contributed by atoms with E-state index in [0.29, 0.717) is 28.3 Å². The maximum absolute atomic E-state index is 12.2. The van der Waals surface area contributed by atoms with Gasteiger partial charge >= 0.3 is 11.9 Å². The molecular formula is C22H20ClNO4. The molecule has 2 aromatic rings. The molecule has 2 aromatic carbocycles. The molecular weight excluding hydrogens is 378 g/mol. The molecule has 0 radical (unpaired) electrons. The first-order valence-electron chi connectivity index (χ1n) is 9.01. The van der Waals surface area contributed by atoms with Gasteiger partial charge in [0.15, 0.2) is 0 Å². The Labute approximate surface area is 168 Å². The molecule has 1 heterocycles. The molecule has 1 aliphatic heterocycles. The van der Waals surface area contributed by atoms with Gasteiger partial charge in [0.1, 0.15) is 0 Å². The molecule has 0 bridgehead atoms. The molecule has 0 aliphatic carbocycles. The third-order valence-electron chi connectivity index (χ3n) is 5.01. The number of rotatable bonds is 6. The van der Waals surface area contributed by atoms with Crippen LogP contribution in [0.5, 0.6) is 0 Å². The molecule has 0 saturated heterocycles. The highest BCUT2D eigenvalue weighted by molar-refractivity contribution is 6.35. The molecule has 3 rings (SSSR count). The Bertz CT molecular complexity index is 995. The lowest BCUT2D eigenvalue weighted by molar-refractivity contribution is -0.153. The average Bonchev–Trinajstić information content (AvgIpc) is 3.10. The quantitative estimate of drug-likeness (QED) is 0.713. The van der Waals surface area contributed by atoms with E-state index in [1.807, 2.05) is 26.0 Å². The zero-order chi connectivity index (χ0) is 20.5. The Balaban J connectivity index is 2.36.